The van der Waals surface area contributed by atoms with Crippen molar-refractivity contribution in [2.45, 2.75) is 65.1 Å². The Balaban J connectivity index is 2.35. The summed E-state index contributed by atoms with van der Waals surface area (Å²) < 4.78 is 21.4. The van der Waals surface area contributed by atoms with Crippen LogP contribution in [0, 0.1) is 6.92 Å². The van der Waals surface area contributed by atoms with Crippen LogP contribution in [0.1, 0.15) is 33.3 Å². The van der Waals surface area contributed by atoms with E-state index in [9.17, 15) is 24.0 Å². The van der Waals surface area contributed by atoms with Crippen LogP contribution in [0.4, 0.5) is 10.5 Å². The Morgan fingerprint density at radius 2 is 1.45 bits per heavy atom. The van der Waals surface area contributed by atoms with Crippen LogP contribution in [0.25, 0.3) is 0 Å². The Labute approximate surface area is 191 Å². The van der Waals surface area contributed by atoms with Gasteiger partial charge in [0.2, 0.25) is 0 Å². The molecule has 180 valence electrons. The molecule has 0 aromatic heterocycles. The lowest BCUT2D eigenvalue weighted by Crippen LogP contribution is -2.68. The molecule has 0 saturated carbocycles. The molecule has 33 heavy (non-hydrogen) atoms. The second-order valence-corrected chi connectivity index (χ2v) is 7.65. The summed E-state index contributed by atoms with van der Waals surface area (Å²) in [7, 11) is 0. The lowest BCUT2D eigenvalue weighted by molar-refractivity contribution is -0.220. The predicted molar refractivity (Wildman–Crippen MR) is 114 cm³/mol. The van der Waals surface area contributed by atoms with Gasteiger partial charge in [-0.25, -0.2) is 4.79 Å². The molecule has 11 nitrogen and oxygen atoms in total. The molecule has 0 aliphatic carbocycles. The minimum Gasteiger partial charge on any atom is -0.463 e. The highest BCUT2D eigenvalue weighted by Gasteiger charge is 2.52. The molecule has 1 aromatic rings. The summed E-state index contributed by atoms with van der Waals surface area (Å²) in [5.74, 6) is -2.57. The van der Waals surface area contributed by atoms with Crippen molar-refractivity contribution < 1.29 is 42.9 Å². The van der Waals surface area contributed by atoms with E-state index in [-0.39, 0.29) is 6.61 Å². The number of aryl methyl sites for hydroxylation is 1. The monoisotopic (exact) mass is 464 g/mol. The summed E-state index contributed by atoms with van der Waals surface area (Å²) in [6.45, 7) is 6.21. The van der Waals surface area contributed by atoms with Crippen LogP contribution in [-0.2, 0) is 38.1 Å². The number of rotatable bonds is 7. The van der Waals surface area contributed by atoms with E-state index >= 15 is 0 Å². The number of Topliss-reactive ketones (excluding diaryl/α,β-unsaturated/α-hetero) is 1. The van der Waals surface area contributed by atoms with Gasteiger partial charge in [-0.2, -0.15) is 0 Å². The van der Waals surface area contributed by atoms with Gasteiger partial charge in [0.1, 0.15) is 24.9 Å². The van der Waals surface area contributed by atoms with E-state index in [1.165, 1.54) is 13.8 Å². The third-order valence-electron chi connectivity index (χ3n) is 4.75. The second kappa shape index (κ2) is 11.4. The maximum absolute atomic E-state index is 12.7. The third kappa shape index (κ3) is 7.56. The molecule has 1 heterocycles. The SMILES string of the molecule is CC(=O)OC[C@H]1O[C@H](C(C)=O)[C@H](NC(=O)Nc2ccc(C)cc2)[C@@H](OC(C)=O)[C@@H]1OC(C)=O. The minimum absolute atomic E-state index is 0.364. The van der Waals surface area contributed by atoms with Crippen molar-refractivity contribution in [3.63, 3.8) is 0 Å². The molecular weight excluding hydrogens is 436 g/mol. The number of hydrogen-bond acceptors (Lipinski definition) is 9. The van der Waals surface area contributed by atoms with Gasteiger partial charge in [0.05, 0.1) is 0 Å². The van der Waals surface area contributed by atoms with Crippen molar-refractivity contribution >= 4 is 35.4 Å². The largest absolute Gasteiger partial charge is 0.463 e. The molecule has 0 unspecified atom stereocenters. The first-order valence-electron chi connectivity index (χ1n) is 10.3. The lowest BCUT2D eigenvalue weighted by Gasteiger charge is -2.44. The van der Waals surface area contributed by atoms with Crippen molar-refractivity contribution in [2.24, 2.45) is 0 Å². The van der Waals surface area contributed by atoms with E-state index in [4.69, 9.17) is 18.9 Å². The Kier molecular flexibility index (Phi) is 8.92. The van der Waals surface area contributed by atoms with Crippen molar-refractivity contribution in [2.75, 3.05) is 11.9 Å². The van der Waals surface area contributed by atoms with Crippen LogP contribution in [0.2, 0.25) is 0 Å². The molecular formula is C22H28N2O9. The molecule has 1 aliphatic rings. The number of anilines is 1. The molecule has 2 rings (SSSR count). The zero-order valence-electron chi connectivity index (χ0n) is 19.1. The predicted octanol–water partition coefficient (Wildman–Crippen LogP) is 1.27. The summed E-state index contributed by atoms with van der Waals surface area (Å²) in [5, 5.41) is 5.21. The maximum Gasteiger partial charge on any atom is 0.319 e. The molecule has 1 saturated heterocycles. The molecule has 2 amide bonds. The molecule has 0 bridgehead atoms. The number of ether oxygens (including phenoxy) is 4. The number of urea groups is 1. The van der Waals surface area contributed by atoms with Crippen molar-refractivity contribution in [1.82, 2.24) is 5.32 Å². The molecule has 1 fully saturated rings. The summed E-state index contributed by atoms with van der Waals surface area (Å²) >= 11 is 0. The van der Waals surface area contributed by atoms with E-state index in [0.717, 1.165) is 19.4 Å². The van der Waals surface area contributed by atoms with E-state index in [2.05, 4.69) is 10.6 Å². The lowest BCUT2D eigenvalue weighted by atomic mass is 9.90. The van der Waals surface area contributed by atoms with Crippen LogP contribution < -0.4 is 10.6 Å². The average molecular weight is 464 g/mol. The van der Waals surface area contributed by atoms with E-state index in [1.54, 1.807) is 24.3 Å². The topological polar surface area (TPSA) is 146 Å². The Bertz CT molecular complexity index is 900. The van der Waals surface area contributed by atoms with Gasteiger partial charge in [0.15, 0.2) is 18.0 Å². The fourth-order valence-corrected chi connectivity index (χ4v) is 3.40. The normalized spacial score (nSPS) is 24.2. The van der Waals surface area contributed by atoms with Gasteiger partial charge in [-0.1, -0.05) is 17.7 Å². The minimum atomic E-state index is -1.29. The standard InChI is InChI=1S/C22H28N2O9/c1-11-6-8-16(9-7-11)23-22(29)24-18-19(12(2)25)33-17(10-30-13(3)26)20(31-14(4)27)21(18)32-15(5)28/h6-9,17-21H,10H2,1-5H3,(H2,23,24,29)/t17-,18+,19-,20-,21-/m1/s1. The fraction of sp³-hybridized carbons (Fsp3) is 0.500. The number of amides is 2. The Hall–Kier alpha value is -3.47. The summed E-state index contributed by atoms with van der Waals surface area (Å²) in [6, 6.07) is 5.08. The number of hydrogen-bond donors (Lipinski definition) is 2. The fourth-order valence-electron chi connectivity index (χ4n) is 3.40. The third-order valence-corrected chi connectivity index (χ3v) is 4.75. The molecule has 2 N–H and O–H groups in total. The van der Waals surface area contributed by atoms with E-state index in [1.807, 2.05) is 6.92 Å². The Morgan fingerprint density at radius 3 is 1.97 bits per heavy atom. The number of carbonyl (C=O) groups excluding carboxylic acids is 5. The summed E-state index contributed by atoms with van der Waals surface area (Å²) in [5.41, 5.74) is 1.48. The highest BCUT2D eigenvalue weighted by atomic mass is 16.6. The number of esters is 3. The van der Waals surface area contributed by atoms with Crippen LogP contribution in [-0.4, -0.2) is 66.8 Å². The molecule has 0 spiro atoms. The van der Waals surface area contributed by atoms with E-state index in [0.29, 0.717) is 5.69 Å². The maximum atomic E-state index is 12.7. The van der Waals surface area contributed by atoms with Gasteiger partial charge in [0, 0.05) is 26.5 Å². The quantitative estimate of drug-likeness (QED) is 0.450. The highest BCUT2D eigenvalue weighted by Crippen LogP contribution is 2.28. The van der Waals surface area contributed by atoms with Gasteiger partial charge in [-0.05, 0) is 26.0 Å². The first-order valence-corrected chi connectivity index (χ1v) is 10.3. The van der Waals surface area contributed by atoms with Crippen molar-refractivity contribution in [3.8, 4) is 0 Å². The van der Waals surface area contributed by atoms with Gasteiger partial charge < -0.3 is 29.6 Å². The van der Waals surface area contributed by atoms with Crippen molar-refractivity contribution in [3.05, 3.63) is 29.8 Å². The molecule has 5 atom stereocenters. The van der Waals surface area contributed by atoms with Crippen LogP contribution in [0.5, 0.6) is 0 Å². The van der Waals surface area contributed by atoms with Crippen molar-refractivity contribution in [1.29, 1.82) is 0 Å². The smallest absolute Gasteiger partial charge is 0.319 e. The number of carbonyl (C=O) groups is 5. The molecule has 0 radical (unpaired) electrons. The van der Waals surface area contributed by atoms with E-state index < -0.39 is 60.2 Å². The zero-order valence-corrected chi connectivity index (χ0v) is 19.1. The highest BCUT2D eigenvalue weighted by molar-refractivity contribution is 5.90. The van der Waals surface area contributed by atoms with Gasteiger partial charge in [-0.3, -0.25) is 19.2 Å². The van der Waals surface area contributed by atoms with Crippen LogP contribution >= 0.6 is 0 Å². The first kappa shape index (κ1) is 25.8. The summed E-state index contributed by atoms with van der Waals surface area (Å²) in [6.07, 6.45) is -4.94. The molecule has 11 heteroatoms. The molecule has 1 aromatic carbocycles. The Morgan fingerprint density at radius 1 is 0.879 bits per heavy atom. The van der Waals surface area contributed by atoms with Gasteiger partial charge >= 0.3 is 23.9 Å². The van der Waals surface area contributed by atoms with Crippen LogP contribution in [0.15, 0.2) is 24.3 Å². The second-order valence-electron chi connectivity index (χ2n) is 7.65. The van der Waals surface area contributed by atoms with Crippen LogP contribution in [0.3, 0.4) is 0 Å². The van der Waals surface area contributed by atoms with Gasteiger partial charge in [-0.15, -0.1) is 0 Å². The zero-order chi connectivity index (χ0) is 24.7. The molecule has 1 aliphatic heterocycles. The number of benzene rings is 1. The first-order chi connectivity index (χ1) is 15.5. The summed E-state index contributed by atoms with van der Waals surface area (Å²) in [4.78, 5) is 59.9. The number of nitrogens with one attached hydrogen (secondary N) is 2. The number of ketones is 1. The average Bonchev–Trinajstić information content (AvgIpc) is 2.70. The van der Waals surface area contributed by atoms with Gasteiger partial charge in [0.25, 0.3) is 0 Å².